The van der Waals surface area contributed by atoms with Crippen LogP contribution in [0.25, 0.3) is 0 Å². The van der Waals surface area contributed by atoms with Crippen LogP contribution < -0.4 is 5.32 Å². The topological polar surface area (TPSA) is 30.5 Å². The second-order valence-electron chi connectivity index (χ2n) is 5.17. The molecule has 0 heterocycles. The first-order valence-corrected chi connectivity index (χ1v) is 7.08. The Hall–Kier alpha value is -0.120. The lowest BCUT2D eigenvalue weighted by atomic mass is 9.85. The van der Waals surface area contributed by atoms with Crippen LogP contribution in [0.4, 0.5) is 0 Å². The van der Waals surface area contributed by atoms with E-state index in [2.05, 4.69) is 19.2 Å². The Morgan fingerprint density at radius 1 is 1.29 bits per heavy atom. The van der Waals surface area contributed by atoms with Gasteiger partial charge in [0.05, 0.1) is 18.3 Å². The van der Waals surface area contributed by atoms with Crippen LogP contribution in [0.2, 0.25) is 0 Å². The number of hydrogen-bond donors (Lipinski definition) is 1. The van der Waals surface area contributed by atoms with Crippen molar-refractivity contribution in [3.63, 3.8) is 0 Å². The van der Waals surface area contributed by atoms with Gasteiger partial charge in [0, 0.05) is 13.2 Å². The lowest BCUT2D eigenvalue weighted by Crippen LogP contribution is -2.59. The van der Waals surface area contributed by atoms with Gasteiger partial charge in [-0.05, 0) is 26.8 Å². The zero-order valence-electron chi connectivity index (χ0n) is 11.9. The first-order valence-electron chi connectivity index (χ1n) is 7.08. The van der Waals surface area contributed by atoms with Crippen LogP contribution in [0.3, 0.4) is 0 Å². The third-order valence-electron chi connectivity index (χ3n) is 3.76. The van der Waals surface area contributed by atoms with Gasteiger partial charge in [0.15, 0.2) is 0 Å². The van der Waals surface area contributed by atoms with Crippen molar-refractivity contribution in [2.75, 3.05) is 14.2 Å². The third-order valence-corrected chi connectivity index (χ3v) is 3.76. The highest BCUT2D eigenvalue weighted by molar-refractivity contribution is 4.96. The molecule has 1 fully saturated rings. The molecule has 1 aliphatic rings. The minimum absolute atomic E-state index is 0.234. The van der Waals surface area contributed by atoms with Crippen molar-refractivity contribution in [1.29, 1.82) is 0 Å². The van der Waals surface area contributed by atoms with Crippen LogP contribution in [0, 0.1) is 0 Å². The number of likely N-dealkylation sites (N-methyl/N-ethyl adjacent to an activating group) is 1. The van der Waals surface area contributed by atoms with Gasteiger partial charge in [0.2, 0.25) is 0 Å². The van der Waals surface area contributed by atoms with E-state index in [1.807, 2.05) is 7.05 Å². The second kappa shape index (κ2) is 8.06. The van der Waals surface area contributed by atoms with E-state index in [0.29, 0.717) is 18.2 Å². The zero-order valence-corrected chi connectivity index (χ0v) is 11.9. The number of ether oxygens (including phenoxy) is 2. The fraction of sp³-hybridized carbons (Fsp3) is 1.00. The Kier molecular flexibility index (Phi) is 7.09. The Balaban J connectivity index is 2.12. The van der Waals surface area contributed by atoms with Crippen LogP contribution in [0.1, 0.15) is 52.4 Å². The molecule has 0 aromatic carbocycles. The van der Waals surface area contributed by atoms with E-state index in [9.17, 15) is 0 Å². The lowest BCUT2D eigenvalue weighted by Gasteiger charge is -2.44. The molecule has 3 nitrogen and oxygen atoms in total. The van der Waals surface area contributed by atoms with Crippen LogP contribution in [0.15, 0.2) is 0 Å². The first-order chi connectivity index (χ1) is 8.22. The van der Waals surface area contributed by atoms with Crippen molar-refractivity contribution in [2.45, 2.75) is 76.7 Å². The lowest BCUT2D eigenvalue weighted by molar-refractivity contribution is -0.153. The van der Waals surface area contributed by atoms with Crippen molar-refractivity contribution in [3.8, 4) is 0 Å². The van der Waals surface area contributed by atoms with E-state index >= 15 is 0 Å². The largest absolute Gasteiger partial charge is 0.377 e. The molecule has 1 N–H and O–H groups in total. The molecule has 0 spiro atoms. The molecule has 17 heavy (non-hydrogen) atoms. The van der Waals surface area contributed by atoms with Gasteiger partial charge in [-0.2, -0.15) is 0 Å². The molecule has 0 aliphatic heterocycles. The molecule has 0 aromatic heterocycles. The predicted molar refractivity (Wildman–Crippen MR) is 71.4 cm³/mol. The summed E-state index contributed by atoms with van der Waals surface area (Å²) in [4.78, 5) is 0. The molecule has 0 saturated heterocycles. The monoisotopic (exact) mass is 243 g/mol. The fourth-order valence-electron chi connectivity index (χ4n) is 2.54. The highest BCUT2D eigenvalue weighted by Gasteiger charge is 2.41. The van der Waals surface area contributed by atoms with E-state index in [4.69, 9.17) is 9.47 Å². The SMILES string of the molecule is CCCCCCC(C)OC1CC(NC)C1OC. The normalized spacial score (nSPS) is 30.0. The Bertz CT molecular complexity index is 199. The van der Waals surface area contributed by atoms with Gasteiger partial charge in [-0.1, -0.05) is 32.6 Å². The number of unbranched alkanes of at least 4 members (excludes halogenated alkanes) is 3. The summed E-state index contributed by atoms with van der Waals surface area (Å²) >= 11 is 0. The minimum Gasteiger partial charge on any atom is -0.377 e. The molecule has 3 heteroatoms. The third kappa shape index (κ3) is 4.57. The van der Waals surface area contributed by atoms with Gasteiger partial charge in [-0.15, -0.1) is 0 Å². The van der Waals surface area contributed by atoms with Crippen molar-refractivity contribution < 1.29 is 9.47 Å². The van der Waals surface area contributed by atoms with Crippen molar-refractivity contribution in [2.24, 2.45) is 0 Å². The quantitative estimate of drug-likeness (QED) is 0.632. The van der Waals surface area contributed by atoms with Gasteiger partial charge in [0.1, 0.15) is 0 Å². The van der Waals surface area contributed by atoms with E-state index < -0.39 is 0 Å². The summed E-state index contributed by atoms with van der Waals surface area (Å²) in [6.07, 6.45) is 8.41. The molecule has 0 radical (unpaired) electrons. The average molecular weight is 243 g/mol. The van der Waals surface area contributed by atoms with E-state index in [1.54, 1.807) is 7.11 Å². The van der Waals surface area contributed by atoms with Gasteiger partial charge >= 0.3 is 0 Å². The summed E-state index contributed by atoms with van der Waals surface area (Å²) in [5, 5.41) is 3.26. The highest BCUT2D eigenvalue weighted by Crippen LogP contribution is 2.28. The summed E-state index contributed by atoms with van der Waals surface area (Å²) in [5.41, 5.74) is 0. The maximum atomic E-state index is 6.04. The van der Waals surface area contributed by atoms with Crippen LogP contribution in [-0.4, -0.2) is 38.5 Å². The first kappa shape index (κ1) is 14.9. The maximum absolute atomic E-state index is 6.04. The Morgan fingerprint density at radius 2 is 2.06 bits per heavy atom. The van der Waals surface area contributed by atoms with Crippen LogP contribution in [-0.2, 0) is 9.47 Å². The zero-order chi connectivity index (χ0) is 12.7. The molecule has 102 valence electrons. The molecule has 0 amide bonds. The molecule has 4 unspecified atom stereocenters. The number of nitrogens with one attached hydrogen (secondary N) is 1. The van der Waals surface area contributed by atoms with Crippen LogP contribution >= 0.6 is 0 Å². The van der Waals surface area contributed by atoms with Crippen molar-refractivity contribution >= 4 is 0 Å². The van der Waals surface area contributed by atoms with Gasteiger partial charge in [0.25, 0.3) is 0 Å². The molecule has 0 aromatic rings. The van der Waals surface area contributed by atoms with Crippen molar-refractivity contribution in [3.05, 3.63) is 0 Å². The van der Waals surface area contributed by atoms with Gasteiger partial charge < -0.3 is 14.8 Å². The van der Waals surface area contributed by atoms with Crippen molar-refractivity contribution in [1.82, 2.24) is 5.32 Å². The smallest absolute Gasteiger partial charge is 0.0986 e. The van der Waals surface area contributed by atoms with Gasteiger partial charge in [-0.25, -0.2) is 0 Å². The summed E-state index contributed by atoms with van der Waals surface area (Å²) < 4.78 is 11.5. The molecule has 1 aliphatic carbocycles. The summed E-state index contributed by atoms with van der Waals surface area (Å²) in [6, 6.07) is 0.470. The molecular weight excluding hydrogens is 214 g/mol. The van der Waals surface area contributed by atoms with E-state index in [1.165, 1.54) is 32.1 Å². The number of methoxy groups -OCH3 is 1. The van der Waals surface area contributed by atoms with Crippen LogP contribution in [0.5, 0.6) is 0 Å². The highest BCUT2D eigenvalue weighted by atomic mass is 16.5. The fourth-order valence-corrected chi connectivity index (χ4v) is 2.54. The Labute approximate surface area is 106 Å². The molecule has 0 bridgehead atoms. The average Bonchev–Trinajstić information content (AvgIpc) is 2.30. The molecule has 4 atom stereocenters. The molecule has 1 rings (SSSR count). The standard InChI is InChI=1S/C14H29NO2/c1-5-6-7-8-9-11(2)17-13-10-12(15-3)14(13)16-4/h11-15H,5-10H2,1-4H3. The summed E-state index contributed by atoms with van der Waals surface area (Å²) in [5.74, 6) is 0. The van der Waals surface area contributed by atoms with Gasteiger partial charge in [-0.3, -0.25) is 0 Å². The Morgan fingerprint density at radius 3 is 2.65 bits per heavy atom. The minimum atomic E-state index is 0.234. The second-order valence-corrected chi connectivity index (χ2v) is 5.17. The summed E-state index contributed by atoms with van der Waals surface area (Å²) in [7, 11) is 3.76. The van der Waals surface area contributed by atoms with E-state index in [-0.39, 0.29) is 6.10 Å². The summed E-state index contributed by atoms with van der Waals surface area (Å²) in [6.45, 7) is 4.43. The maximum Gasteiger partial charge on any atom is 0.0986 e. The number of hydrogen-bond acceptors (Lipinski definition) is 3. The van der Waals surface area contributed by atoms with E-state index in [0.717, 1.165) is 6.42 Å². The number of rotatable bonds is 9. The molecule has 1 saturated carbocycles. The predicted octanol–water partition coefficient (Wildman–Crippen LogP) is 2.74. The molecular formula is C14H29NO2.